The molecule has 104 valence electrons. The van der Waals surface area contributed by atoms with E-state index in [9.17, 15) is 9.90 Å². The van der Waals surface area contributed by atoms with E-state index in [1.54, 1.807) is 24.3 Å². The standard InChI is InChI=1S/C15H20O4/c1-11(2)9-13(18-3)14(10-16)19-15(17)12-7-5-4-6-8-12/h4-8,13-14,16H,1,9-10H2,2-3H3/t13-,14?/m0/s1. The average molecular weight is 264 g/mol. The van der Waals surface area contributed by atoms with Gasteiger partial charge < -0.3 is 14.6 Å². The maximum absolute atomic E-state index is 11.9. The normalized spacial score (nSPS) is 13.6. The number of aliphatic hydroxyl groups is 1. The molecule has 4 nitrogen and oxygen atoms in total. The second-order valence-corrected chi connectivity index (χ2v) is 4.43. The van der Waals surface area contributed by atoms with E-state index in [0.717, 1.165) is 5.57 Å². The quantitative estimate of drug-likeness (QED) is 0.606. The molecule has 0 amide bonds. The first kappa shape index (κ1) is 15.4. The van der Waals surface area contributed by atoms with Gasteiger partial charge in [-0.05, 0) is 25.5 Å². The average Bonchev–Trinajstić information content (AvgIpc) is 2.43. The molecule has 0 aliphatic rings. The van der Waals surface area contributed by atoms with Crippen LogP contribution in [0.1, 0.15) is 23.7 Å². The molecule has 0 aromatic heterocycles. The molecule has 0 fully saturated rings. The van der Waals surface area contributed by atoms with E-state index in [1.165, 1.54) is 7.11 Å². The first-order chi connectivity index (χ1) is 9.08. The molecule has 0 heterocycles. The predicted octanol–water partition coefficient (Wildman–Crippen LogP) is 2.19. The van der Waals surface area contributed by atoms with E-state index in [-0.39, 0.29) is 6.61 Å². The second-order valence-electron chi connectivity index (χ2n) is 4.43. The van der Waals surface area contributed by atoms with Crippen molar-refractivity contribution < 1.29 is 19.4 Å². The van der Waals surface area contributed by atoms with Crippen LogP contribution < -0.4 is 0 Å². The van der Waals surface area contributed by atoms with Gasteiger partial charge in [-0.1, -0.05) is 23.8 Å². The molecular formula is C15H20O4. The van der Waals surface area contributed by atoms with Gasteiger partial charge in [-0.15, -0.1) is 6.58 Å². The fourth-order valence-electron chi connectivity index (χ4n) is 1.72. The van der Waals surface area contributed by atoms with Crippen LogP contribution in [-0.4, -0.2) is 37.0 Å². The molecule has 0 saturated carbocycles. The monoisotopic (exact) mass is 264 g/mol. The molecule has 0 radical (unpaired) electrons. The molecule has 1 aromatic rings. The summed E-state index contributed by atoms with van der Waals surface area (Å²) in [5.74, 6) is -0.469. The largest absolute Gasteiger partial charge is 0.454 e. The summed E-state index contributed by atoms with van der Waals surface area (Å²) in [4.78, 5) is 11.9. The van der Waals surface area contributed by atoms with Crippen molar-refractivity contribution in [3.8, 4) is 0 Å². The Hall–Kier alpha value is -1.65. The van der Waals surface area contributed by atoms with Gasteiger partial charge in [0.15, 0.2) is 6.10 Å². The molecule has 2 atom stereocenters. The van der Waals surface area contributed by atoms with Crippen LogP contribution in [0.15, 0.2) is 42.5 Å². The Morgan fingerprint density at radius 2 is 1.95 bits per heavy atom. The van der Waals surface area contributed by atoms with E-state index < -0.39 is 18.2 Å². The van der Waals surface area contributed by atoms with Crippen molar-refractivity contribution in [2.75, 3.05) is 13.7 Å². The number of benzene rings is 1. The summed E-state index contributed by atoms with van der Waals surface area (Å²) >= 11 is 0. The van der Waals surface area contributed by atoms with E-state index in [1.807, 2.05) is 13.0 Å². The predicted molar refractivity (Wildman–Crippen MR) is 73.0 cm³/mol. The first-order valence-electron chi connectivity index (χ1n) is 6.12. The zero-order valence-electron chi connectivity index (χ0n) is 11.3. The maximum atomic E-state index is 11.9. The maximum Gasteiger partial charge on any atom is 0.338 e. The lowest BCUT2D eigenvalue weighted by atomic mass is 10.1. The molecule has 4 heteroatoms. The smallest absolute Gasteiger partial charge is 0.338 e. The summed E-state index contributed by atoms with van der Waals surface area (Å²) in [6.07, 6.45) is -0.561. The van der Waals surface area contributed by atoms with Gasteiger partial charge >= 0.3 is 5.97 Å². The second kappa shape index (κ2) is 7.71. The van der Waals surface area contributed by atoms with Gasteiger partial charge in [0.2, 0.25) is 0 Å². The first-order valence-corrected chi connectivity index (χ1v) is 6.12. The van der Waals surface area contributed by atoms with Crippen molar-refractivity contribution in [2.24, 2.45) is 0 Å². The Morgan fingerprint density at radius 3 is 2.42 bits per heavy atom. The number of rotatable bonds is 7. The molecule has 0 saturated heterocycles. The number of esters is 1. The molecule has 0 aliphatic carbocycles. The fourth-order valence-corrected chi connectivity index (χ4v) is 1.72. The zero-order chi connectivity index (χ0) is 14.3. The summed E-state index contributed by atoms with van der Waals surface area (Å²) in [6, 6.07) is 8.66. The van der Waals surface area contributed by atoms with Gasteiger partial charge in [0.05, 0.1) is 12.2 Å². The molecule has 0 aliphatic heterocycles. The molecule has 1 N–H and O–H groups in total. The van der Waals surface area contributed by atoms with Gasteiger partial charge in [-0.25, -0.2) is 4.79 Å². The number of hydrogen-bond donors (Lipinski definition) is 1. The number of carbonyl (C=O) groups is 1. The molecule has 19 heavy (non-hydrogen) atoms. The highest BCUT2D eigenvalue weighted by molar-refractivity contribution is 5.89. The van der Waals surface area contributed by atoms with E-state index in [2.05, 4.69) is 6.58 Å². The van der Waals surface area contributed by atoms with Crippen molar-refractivity contribution in [1.29, 1.82) is 0 Å². The van der Waals surface area contributed by atoms with Crippen molar-refractivity contribution in [3.63, 3.8) is 0 Å². The zero-order valence-corrected chi connectivity index (χ0v) is 11.3. The summed E-state index contributed by atoms with van der Waals surface area (Å²) in [5.41, 5.74) is 1.35. The Balaban J connectivity index is 2.70. The van der Waals surface area contributed by atoms with Gasteiger partial charge in [-0.3, -0.25) is 0 Å². The van der Waals surface area contributed by atoms with Gasteiger partial charge in [-0.2, -0.15) is 0 Å². The highest BCUT2D eigenvalue weighted by atomic mass is 16.6. The minimum Gasteiger partial charge on any atom is -0.454 e. The molecule has 1 aromatic carbocycles. The van der Waals surface area contributed by atoms with Crippen molar-refractivity contribution >= 4 is 5.97 Å². The van der Waals surface area contributed by atoms with Crippen molar-refractivity contribution in [1.82, 2.24) is 0 Å². The topological polar surface area (TPSA) is 55.8 Å². The Labute approximate surface area is 113 Å². The minimum absolute atomic E-state index is 0.287. The number of ether oxygens (including phenoxy) is 2. The third-order valence-electron chi connectivity index (χ3n) is 2.71. The summed E-state index contributed by atoms with van der Waals surface area (Å²) < 4.78 is 10.5. The van der Waals surface area contributed by atoms with Crippen molar-refractivity contribution in [2.45, 2.75) is 25.6 Å². The van der Waals surface area contributed by atoms with Gasteiger partial charge in [0.25, 0.3) is 0 Å². The number of hydrogen-bond acceptors (Lipinski definition) is 4. The molecule has 1 unspecified atom stereocenters. The van der Waals surface area contributed by atoms with Crippen molar-refractivity contribution in [3.05, 3.63) is 48.0 Å². The fraction of sp³-hybridized carbons (Fsp3) is 0.400. The SMILES string of the molecule is C=C(C)C[C@H](OC)C(CO)OC(=O)c1ccccc1. The Morgan fingerprint density at radius 1 is 1.32 bits per heavy atom. The van der Waals surface area contributed by atoms with Crippen LogP contribution in [0.25, 0.3) is 0 Å². The van der Waals surface area contributed by atoms with Gasteiger partial charge in [0.1, 0.15) is 6.10 Å². The van der Waals surface area contributed by atoms with E-state index in [4.69, 9.17) is 9.47 Å². The highest BCUT2D eigenvalue weighted by Gasteiger charge is 2.25. The summed E-state index contributed by atoms with van der Waals surface area (Å²) in [5, 5.41) is 9.35. The third-order valence-corrected chi connectivity index (χ3v) is 2.71. The van der Waals surface area contributed by atoms with Gasteiger partial charge in [0, 0.05) is 7.11 Å². The number of methoxy groups -OCH3 is 1. The van der Waals surface area contributed by atoms with E-state index >= 15 is 0 Å². The Bertz CT molecular complexity index is 413. The minimum atomic E-state index is -0.700. The summed E-state index contributed by atoms with van der Waals surface area (Å²) in [7, 11) is 1.52. The van der Waals surface area contributed by atoms with Crippen LogP contribution in [-0.2, 0) is 9.47 Å². The Kier molecular flexibility index (Phi) is 6.25. The van der Waals surface area contributed by atoms with Crippen LogP contribution in [0.2, 0.25) is 0 Å². The number of aliphatic hydroxyl groups excluding tert-OH is 1. The van der Waals surface area contributed by atoms with Crippen LogP contribution >= 0.6 is 0 Å². The molecular weight excluding hydrogens is 244 g/mol. The van der Waals surface area contributed by atoms with Crippen LogP contribution in [0.5, 0.6) is 0 Å². The van der Waals surface area contributed by atoms with Crippen LogP contribution in [0.3, 0.4) is 0 Å². The summed E-state index contributed by atoms with van der Waals surface area (Å²) in [6.45, 7) is 5.37. The van der Waals surface area contributed by atoms with E-state index in [0.29, 0.717) is 12.0 Å². The highest BCUT2D eigenvalue weighted by Crippen LogP contribution is 2.14. The third kappa shape index (κ3) is 4.85. The number of carbonyl (C=O) groups excluding carboxylic acids is 1. The van der Waals surface area contributed by atoms with Crippen LogP contribution in [0.4, 0.5) is 0 Å². The van der Waals surface area contributed by atoms with Crippen LogP contribution in [0, 0.1) is 0 Å². The molecule has 0 bridgehead atoms. The lowest BCUT2D eigenvalue weighted by Crippen LogP contribution is -2.36. The lowest BCUT2D eigenvalue weighted by molar-refractivity contribution is -0.0550. The molecule has 0 spiro atoms. The molecule has 1 rings (SSSR count). The lowest BCUT2D eigenvalue weighted by Gasteiger charge is -2.24.